The zero-order valence-corrected chi connectivity index (χ0v) is 21.6. The fourth-order valence-corrected chi connectivity index (χ4v) is 5.40. The maximum Gasteiger partial charge on any atom is 0.170 e. The number of aryl methyl sites for hydroxylation is 1. The van der Waals surface area contributed by atoms with E-state index < -0.39 is 0 Å². The Bertz CT molecular complexity index is 1290. The molecule has 7 heteroatoms. The van der Waals surface area contributed by atoms with Crippen LogP contribution in [0.15, 0.2) is 85.3 Å². The molecule has 1 aliphatic rings. The van der Waals surface area contributed by atoms with Crippen molar-refractivity contribution in [2.24, 2.45) is 0 Å². The maximum atomic E-state index is 5.88. The molecule has 4 aromatic rings. The van der Waals surface area contributed by atoms with E-state index >= 15 is 0 Å². The number of benzene rings is 1. The highest BCUT2D eigenvalue weighted by Crippen LogP contribution is 2.41. The Morgan fingerprint density at radius 2 is 1.83 bits per heavy atom. The highest BCUT2D eigenvalue weighted by atomic mass is 32.1. The van der Waals surface area contributed by atoms with Crippen molar-refractivity contribution in [3.05, 3.63) is 114 Å². The minimum absolute atomic E-state index is 0.00637. The number of hydrogen-bond donors (Lipinski definition) is 2. The standard InChI is InChI=1S/C29H32N6S/c1-21-18-25(22(2)35(21)20-23-10-8-14-30-19-23)28-27(26-13-6-7-15-32-26)33-29(36)34(28)17-9-16-31-24-11-4-3-5-12-24/h3-8,10-15,18-19,27-28,31H,9,16-17,20H2,1-2H3,(H,33,36)/t27-,28-/m1/s1. The summed E-state index contributed by atoms with van der Waals surface area (Å²) < 4.78 is 2.37. The predicted molar refractivity (Wildman–Crippen MR) is 149 cm³/mol. The molecule has 0 bridgehead atoms. The number of nitrogens with zero attached hydrogens (tertiary/aromatic N) is 4. The lowest BCUT2D eigenvalue weighted by Crippen LogP contribution is -2.31. The smallest absolute Gasteiger partial charge is 0.170 e. The molecular weight excluding hydrogens is 464 g/mol. The first-order valence-corrected chi connectivity index (χ1v) is 12.8. The van der Waals surface area contributed by atoms with Crippen molar-refractivity contribution in [1.82, 2.24) is 24.8 Å². The first kappa shape index (κ1) is 24.0. The van der Waals surface area contributed by atoms with Gasteiger partial charge in [0.2, 0.25) is 0 Å². The topological polar surface area (TPSA) is 58.0 Å². The van der Waals surface area contributed by atoms with Gasteiger partial charge >= 0.3 is 0 Å². The molecular formula is C29H32N6S. The highest BCUT2D eigenvalue weighted by molar-refractivity contribution is 7.80. The van der Waals surface area contributed by atoms with Crippen molar-refractivity contribution in [2.45, 2.75) is 38.9 Å². The molecule has 0 radical (unpaired) electrons. The molecule has 6 nitrogen and oxygen atoms in total. The van der Waals surface area contributed by atoms with Crippen molar-refractivity contribution >= 4 is 23.0 Å². The Hall–Kier alpha value is -3.71. The normalized spacial score (nSPS) is 17.3. The van der Waals surface area contributed by atoms with Gasteiger partial charge in [-0.05, 0) is 80.0 Å². The molecule has 1 saturated heterocycles. The van der Waals surface area contributed by atoms with Crippen LogP contribution in [0, 0.1) is 13.8 Å². The second-order valence-electron chi connectivity index (χ2n) is 9.24. The summed E-state index contributed by atoms with van der Waals surface area (Å²) in [6.45, 7) is 6.92. The first-order chi connectivity index (χ1) is 17.6. The van der Waals surface area contributed by atoms with Gasteiger partial charge in [0.1, 0.15) is 0 Å². The van der Waals surface area contributed by atoms with Gasteiger partial charge < -0.3 is 20.1 Å². The summed E-state index contributed by atoms with van der Waals surface area (Å²) in [7, 11) is 0. The summed E-state index contributed by atoms with van der Waals surface area (Å²) in [6, 6.07) is 22.9. The van der Waals surface area contributed by atoms with Gasteiger partial charge in [-0.1, -0.05) is 30.3 Å². The lowest BCUT2D eigenvalue weighted by atomic mass is 9.96. The number of nitrogens with one attached hydrogen (secondary N) is 2. The number of pyridine rings is 2. The van der Waals surface area contributed by atoms with Gasteiger partial charge in [0.05, 0.1) is 17.8 Å². The minimum Gasteiger partial charge on any atom is -0.385 e. The zero-order chi connectivity index (χ0) is 24.9. The number of thiocarbonyl (C=S) groups is 1. The molecule has 1 fully saturated rings. The van der Waals surface area contributed by atoms with Crippen LogP contribution in [0.1, 0.15) is 46.7 Å². The highest BCUT2D eigenvalue weighted by Gasteiger charge is 2.41. The minimum atomic E-state index is -0.00637. The third-order valence-corrected chi connectivity index (χ3v) is 7.22. The average molecular weight is 497 g/mol. The van der Waals surface area contributed by atoms with Crippen molar-refractivity contribution < 1.29 is 0 Å². The molecule has 2 atom stereocenters. The van der Waals surface area contributed by atoms with E-state index in [4.69, 9.17) is 17.2 Å². The van der Waals surface area contributed by atoms with Crippen LogP contribution < -0.4 is 10.6 Å². The van der Waals surface area contributed by atoms with Crippen LogP contribution in [0.5, 0.6) is 0 Å². The van der Waals surface area contributed by atoms with Gasteiger partial charge in [0.25, 0.3) is 0 Å². The Morgan fingerprint density at radius 1 is 1.00 bits per heavy atom. The Labute approximate surface area is 218 Å². The molecule has 2 N–H and O–H groups in total. The average Bonchev–Trinajstić information content (AvgIpc) is 3.38. The fraction of sp³-hybridized carbons (Fsp3) is 0.276. The van der Waals surface area contributed by atoms with Crippen molar-refractivity contribution in [3.63, 3.8) is 0 Å². The van der Waals surface area contributed by atoms with Crippen LogP contribution >= 0.6 is 12.2 Å². The summed E-state index contributed by atoms with van der Waals surface area (Å²) >= 11 is 5.88. The van der Waals surface area contributed by atoms with Crippen LogP contribution in [0.4, 0.5) is 5.69 Å². The Kier molecular flexibility index (Phi) is 7.28. The van der Waals surface area contributed by atoms with Crippen LogP contribution in [-0.4, -0.2) is 37.6 Å². The van der Waals surface area contributed by atoms with E-state index in [2.05, 4.69) is 81.4 Å². The maximum absolute atomic E-state index is 5.88. The number of aromatic nitrogens is 3. The van der Waals surface area contributed by atoms with E-state index in [-0.39, 0.29) is 12.1 Å². The number of para-hydroxylation sites is 1. The van der Waals surface area contributed by atoms with Crippen molar-refractivity contribution in [1.29, 1.82) is 0 Å². The van der Waals surface area contributed by atoms with E-state index in [1.165, 1.54) is 22.5 Å². The lowest BCUT2D eigenvalue weighted by Gasteiger charge is -2.28. The Morgan fingerprint density at radius 3 is 2.58 bits per heavy atom. The molecule has 4 heterocycles. The number of hydrogen-bond acceptors (Lipinski definition) is 4. The van der Waals surface area contributed by atoms with Crippen LogP contribution in [-0.2, 0) is 6.54 Å². The molecule has 5 rings (SSSR count). The lowest BCUT2D eigenvalue weighted by molar-refractivity contribution is 0.315. The van der Waals surface area contributed by atoms with E-state index in [1.807, 2.05) is 42.9 Å². The van der Waals surface area contributed by atoms with Crippen LogP contribution in [0.3, 0.4) is 0 Å². The number of anilines is 1. The summed E-state index contributed by atoms with van der Waals surface area (Å²) in [5.74, 6) is 0. The predicted octanol–water partition coefficient (Wildman–Crippen LogP) is 5.42. The van der Waals surface area contributed by atoms with E-state index in [0.29, 0.717) is 0 Å². The molecule has 0 spiro atoms. The van der Waals surface area contributed by atoms with Gasteiger partial charge in [-0.25, -0.2) is 0 Å². The first-order valence-electron chi connectivity index (χ1n) is 12.4. The summed E-state index contributed by atoms with van der Waals surface area (Å²) in [5, 5.41) is 7.89. The molecule has 3 aromatic heterocycles. The van der Waals surface area contributed by atoms with Crippen molar-refractivity contribution in [3.8, 4) is 0 Å². The summed E-state index contributed by atoms with van der Waals surface area (Å²) in [5.41, 5.74) is 7.11. The monoisotopic (exact) mass is 496 g/mol. The molecule has 36 heavy (non-hydrogen) atoms. The molecule has 0 amide bonds. The molecule has 0 aliphatic carbocycles. The zero-order valence-electron chi connectivity index (χ0n) is 20.8. The molecule has 184 valence electrons. The van der Waals surface area contributed by atoms with Gasteiger partial charge in [-0.15, -0.1) is 0 Å². The van der Waals surface area contributed by atoms with Crippen molar-refractivity contribution in [2.75, 3.05) is 18.4 Å². The van der Waals surface area contributed by atoms with Gasteiger partial charge in [0, 0.05) is 55.3 Å². The van der Waals surface area contributed by atoms with Crippen LogP contribution in [0.2, 0.25) is 0 Å². The second kappa shape index (κ2) is 10.9. The molecule has 1 aliphatic heterocycles. The quantitative estimate of drug-likeness (QED) is 0.238. The second-order valence-corrected chi connectivity index (χ2v) is 9.63. The summed E-state index contributed by atoms with van der Waals surface area (Å²) in [6.07, 6.45) is 6.58. The molecule has 0 unspecified atom stereocenters. The van der Waals surface area contributed by atoms with E-state index in [9.17, 15) is 0 Å². The number of rotatable bonds is 9. The van der Waals surface area contributed by atoms with Crippen LogP contribution in [0.25, 0.3) is 0 Å². The van der Waals surface area contributed by atoms with Gasteiger partial charge in [0.15, 0.2) is 5.11 Å². The third kappa shape index (κ3) is 5.11. The largest absolute Gasteiger partial charge is 0.385 e. The van der Waals surface area contributed by atoms with Gasteiger partial charge in [-0.3, -0.25) is 9.97 Å². The third-order valence-electron chi connectivity index (χ3n) is 6.87. The Balaban J connectivity index is 1.41. The van der Waals surface area contributed by atoms with E-state index in [1.54, 1.807) is 0 Å². The SMILES string of the molecule is Cc1cc([C@@H]2[C@@H](c3ccccn3)NC(=S)N2CCCNc2ccccc2)c(C)n1Cc1cccnc1. The summed E-state index contributed by atoms with van der Waals surface area (Å²) in [4.78, 5) is 11.3. The van der Waals surface area contributed by atoms with E-state index in [0.717, 1.165) is 42.5 Å². The fourth-order valence-electron chi connectivity index (χ4n) is 5.07. The van der Waals surface area contributed by atoms with Gasteiger partial charge in [-0.2, -0.15) is 0 Å². The molecule has 0 saturated carbocycles. The molecule has 1 aromatic carbocycles.